The number of ether oxygens (including phenoxy) is 1. The summed E-state index contributed by atoms with van der Waals surface area (Å²) in [5, 5.41) is 0. The molecule has 1 aromatic heterocycles. The highest BCUT2D eigenvalue weighted by Gasteiger charge is 2.20. The van der Waals surface area contributed by atoms with Gasteiger partial charge in [0.05, 0.1) is 5.56 Å². The van der Waals surface area contributed by atoms with Crippen LogP contribution in [-0.2, 0) is 5.41 Å². The molecule has 0 aliphatic heterocycles. The Balaban J connectivity index is 2.49. The van der Waals surface area contributed by atoms with Gasteiger partial charge in [-0.05, 0) is 30.5 Å². The van der Waals surface area contributed by atoms with Crippen LogP contribution in [-0.4, -0.2) is 9.97 Å². The molecular weight excluding hydrogens is 280 g/mol. The highest BCUT2D eigenvalue weighted by molar-refractivity contribution is 7.80. The average Bonchev–Trinajstić information content (AvgIpc) is 2.37. The van der Waals surface area contributed by atoms with E-state index in [9.17, 15) is 0 Å². The number of benzene rings is 1. The molecule has 0 aliphatic carbocycles. The summed E-state index contributed by atoms with van der Waals surface area (Å²) in [7, 11) is 0. The molecule has 0 spiro atoms. The molecule has 0 aliphatic rings. The van der Waals surface area contributed by atoms with Gasteiger partial charge in [0.25, 0.3) is 0 Å². The van der Waals surface area contributed by atoms with E-state index in [-0.39, 0.29) is 10.4 Å². The number of nitrogens with two attached hydrogens (primary N) is 1. The van der Waals surface area contributed by atoms with Crippen LogP contribution in [0.4, 0.5) is 0 Å². The van der Waals surface area contributed by atoms with Crippen LogP contribution in [0.5, 0.6) is 11.6 Å². The van der Waals surface area contributed by atoms with Crippen molar-refractivity contribution in [2.24, 2.45) is 5.73 Å². The minimum atomic E-state index is -0.0240. The van der Waals surface area contributed by atoms with Gasteiger partial charge in [0.15, 0.2) is 0 Å². The number of para-hydroxylation sites is 1. The van der Waals surface area contributed by atoms with Gasteiger partial charge < -0.3 is 10.5 Å². The maximum Gasteiger partial charge on any atom is 0.229 e. The Hall–Kier alpha value is -1.94. The molecule has 0 saturated heterocycles. The highest BCUT2D eigenvalue weighted by Crippen LogP contribution is 2.34. The number of hydrogen-bond acceptors (Lipinski definition) is 3. The lowest BCUT2D eigenvalue weighted by Crippen LogP contribution is -2.14. The summed E-state index contributed by atoms with van der Waals surface area (Å²) in [6.07, 6.45) is 0. The normalized spacial score (nSPS) is 11.2. The minimum absolute atomic E-state index is 0.0240. The first-order valence-electron chi connectivity index (χ1n) is 6.84. The van der Waals surface area contributed by atoms with E-state index >= 15 is 0 Å². The Morgan fingerprint density at radius 3 is 2.43 bits per heavy atom. The lowest BCUT2D eigenvalue weighted by molar-refractivity contribution is 0.438. The van der Waals surface area contributed by atoms with E-state index in [1.165, 1.54) is 0 Å². The largest absolute Gasteiger partial charge is 0.438 e. The Kier molecular flexibility index (Phi) is 4.28. The summed E-state index contributed by atoms with van der Waals surface area (Å²) < 4.78 is 6.03. The topological polar surface area (TPSA) is 48.1 Å². The molecule has 0 saturated carbocycles. The van der Waals surface area contributed by atoms with Gasteiger partial charge in [-0.15, -0.1) is 0 Å². The van der Waals surface area contributed by atoms with Crippen molar-refractivity contribution in [2.75, 3.05) is 0 Å². The third-order valence-corrected chi connectivity index (χ3v) is 3.39. The van der Waals surface area contributed by atoms with E-state index in [1.807, 2.05) is 37.3 Å². The number of thiocarbonyl (C=S) groups is 1. The van der Waals surface area contributed by atoms with E-state index < -0.39 is 0 Å². The fourth-order valence-electron chi connectivity index (χ4n) is 2.08. The van der Waals surface area contributed by atoms with Crippen LogP contribution in [0.25, 0.3) is 0 Å². The first kappa shape index (κ1) is 15.4. The van der Waals surface area contributed by atoms with Crippen molar-refractivity contribution < 1.29 is 4.74 Å². The van der Waals surface area contributed by atoms with Gasteiger partial charge >= 0.3 is 0 Å². The number of hydrogen-bond donors (Lipinski definition) is 1. The number of pyridine rings is 1. The summed E-state index contributed by atoms with van der Waals surface area (Å²) in [6, 6.07) is 11.7. The van der Waals surface area contributed by atoms with Crippen LogP contribution < -0.4 is 10.5 Å². The molecule has 4 heteroatoms. The van der Waals surface area contributed by atoms with Gasteiger partial charge in [-0.2, -0.15) is 0 Å². The first-order chi connectivity index (χ1) is 9.79. The minimum Gasteiger partial charge on any atom is -0.438 e. The SMILES string of the molecule is Cc1ccc(C(N)=S)c(Oc2ccccc2C(C)(C)C)n1. The van der Waals surface area contributed by atoms with Crippen LogP contribution >= 0.6 is 12.2 Å². The van der Waals surface area contributed by atoms with Crippen LogP contribution in [0.3, 0.4) is 0 Å². The van der Waals surface area contributed by atoms with Crippen LogP contribution in [0.2, 0.25) is 0 Å². The zero-order chi connectivity index (χ0) is 15.6. The van der Waals surface area contributed by atoms with Crippen molar-refractivity contribution in [3.63, 3.8) is 0 Å². The number of aryl methyl sites for hydroxylation is 1. The number of nitrogens with zero attached hydrogens (tertiary/aromatic N) is 1. The Morgan fingerprint density at radius 1 is 1.14 bits per heavy atom. The molecule has 2 rings (SSSR count). The van der Waals surface area contributed by atoms with Crippen molar-refractivity contribution in [3.05, 3.63) is 53.2 Å². The van der Waals surface area contributed by atoms with Crippen LogP contribution in [0.15, 0.2) is 36.4 Å². The van der Waals surface area contributed by atoms with E-state index in [1.54, 1.807) is 0 Å². The second kappa shape index (κ2) is 5.82. The zero-order valence-electron chi connectivity index (χ0n) is 12.8. The van der Waals surface area contributed by atoms with Crippen LogP contribution in [0, 0.1) is 6.92 Å². The maximum atomic E-state index is 6.03. The number of rotatable bonds is 3. The first-order valence-corrected chi connectivity index (χ1v) is 7.24. The third-order valence-electron chi connectivity index (χ3n) is 3.17. The summed E-state index contributed by atoms with van der Waals surface area (Å²) in [6.45, 7) is 8.35. The fraction of sp³-hybridized carbons (Fsp3) is 0.294. The summed E-state index contributed by atoms with van der Waals surface area (Å²) in [4.78, 5) is 4.71. The molecule has 2 aromatic rings. The Morgan fingerprint density at radius 2 is 1.81 bits per heavy atom. The molecule has 2 N–H and O–H groups in total. The van der Waals surface area contributed by atoms with E-state index in [0.717, 1.165) is 17.0 Å². The Bertz CT molecular complexity index is 675. The summed E-state index contributed by atoms with van der Waals surface area (Å²) >= 11 is 5.07. The molecule has 0 atom stereocenters. The Labute approximate surface area is 131 Å². The molecule has 3 nitrogen and oxygen atoms in total. The van der Waals surface area contributed by atoms with Crippen molar-refractivity contribution in [2.45, 2.75) is 33.1 Å². The van der Waals surface area contributed by atoms with E-state index in [4.69, 9.17) is 22.7 Å². The number of aromatic nitrogens is 1. The molecule has 0 bridgehead atoms. The molecule has 0 amide bonds. The van der Waals surface area contributed by atoms with Gasteiger partial charge in [0.2, 0.25) is 5.88 Å². The molecule has 0 fully saturated rings. The monoisotopic (exact) mass is 300 g/mol. The second-order valence-electron chi connectivity index (χ2n) is 6.02. The van der Waals surface area contributed by atoms with E-state index in [0.29, 0.717) is 11.4 Å². The predicted molar refractivity (Wildman–Crippen MR) is 90.1 cm³/mol. The van der Waals surface area contributed by atoms with Crippen molar-refractivity contribution in [1.82, 2.24) is 4.98 Å². The maximum absolute atomic E-state index is 6.03. The zero-order valence-corrected chi connectivity index (χ0v) is 13.6. The fourth-order valence-corrected chi connectivity index (χ4v) is 2.23. The van der Waals surface area contributed by atoms with Crippen molar-refractivity contribution in [1.29, 1.82) is 0 Å². The van der Waals surface area contributed by atoms with Gasteiger partial charge in [0, 0.05) is 11.3 Å². The molecule has 0 unspecified atom stereocenters. The van der Waals surface area contributed by atoms with Gasteiger partial charge in [-0.3, -0.25) is 0 Å². The van der Waals surface area contributed by atoms with Gasteiger partial charge in [-0.1, -0.05) is 51.2 Å². The third kappa shape index (κ3) is 3.58. The lowest BCUT2D eigenvalue weighted by Gasteiger charge is -2.22. The summed E-state index contributed by atoms with van der Waals surface area (Å²) in [5.74, 6) is 1.24. The predicted octanol–water partition coefficient (Wildman–Crippen LogP) is 4.11. The standard InChI is InChI=1S/C17H20N2OS/c1-11-9-10-12(15(18)21)16(19-11)20-14-8-6-5-7-13(14)17(2,3)4/h5-10H,1-4H3,(H2,18,21). The molecular formula is C17H20N2OS. The van der Waals surface area contributed by atoms with Crippen molar-refractivity contribution in [3.8, 4) is 11.6 Å². The van der Waals surface area contributed by atoms with E-state index in [2.05, 4.69) is 31.8 Å². The molecule has 1 heterocycles. The summed E-state index contributed by atoms with van der Waals surface area (Å²) in [5.41, 5.74) is 8.35. The average molecular weight is 300 g/mol. The van der Waals surface area contributed by atoms with Crippen molar-refractivity contribution >= 4 is 17.2 Å². The van der Waals surface area contributed by atoms with Gasteiger partial charge in [-0.25, -0.2) is 4.98 Å². The van der Waals surface area contributed by atoms with Crippen LogP contribution in [0.1, 0.15) is 37.6 Å². The second-order valence-corrected chi connectivity index (χ2v) is 6.46. The molecule has 110 valence electrons. The smallest absolute Gasteiger partial charge is 0.229 e. The molecule has 21 heavy (non-hydrogen) atoms. The molecule has 1 aromatic carbocycles. The lowest BCUT2D eigenvalue weighted by atomic mass is 9.86. The molecule has 0 radical (unpaired) electrons. The quantitative estimate of drug-likeness (QED) is 0.866. The highest BCUT2D eigenvalue weighted by atomic mass is 32.1. The van der Waals surface area contributed by atoms with Gasteiger partial charge in [0.1, 0.15) is 10.7 Å².